The second-order valence-electron chi connectivity index (χ2n) is 4.12. The second-order valence-corrected chi connectivity index (χ2v) is 4.12. The molecule has 0 amide bonds. The van der Waals surface area contributed by atoms with Crippen LogP contribution < -0.4 is 11.1 Å². The Hall–Kier alpha value is -2.10. The first-order valence-corrected chi connectivity index (χ1v) is 6.19. The van der Waals surface area contributed by atoms with E-state index in [2.05, 4.69) is 34.3 Å². The van der Waals surface area contributed by atoms with Crippen molar-refractivity contribution in [2.75, 3.05) is 11.1 Å². The molecule has 0 bridgehead atoms. The number of aryl methyl sites for hydroxylation is 1. The zero-order valence-electron chi connectivity index (χ0n) is 10.8. The Morgan fingerprint density at radius 3 is 2.72 bits per heavy atom. The molecule has 0 fully saturated rings. The topological polar surface area (TPSA) is 63.8 Å². The fraction of sp³-hybridized carbons (Fsp3) is 0.286. The van der Waals surface area contributed by atoms with E-state index < -0.39 is 0 Å². The first kappa shape index (κ1) is 12.4. The number of benzene rings is 1. The van der Waals surface area contributed by atoms with Gasteiger partial charge >= 0.3 is 0 Å². The van der Waals surface area contributed by atoms with Crippen molar-refractivity contribution in [3.8, 4) is 0 Å². The summed E-state index contributed by atoms with van der Waals surface area (Å²) in [4.78, 5) is 8.27. The fourth-order valence-electron chi connectivity index (χ4n) is 1.89. The van der Waals surface area contributed by atoms with Crippen molar-refractivity contribution in [1.29, 1.82) is 0 Å². The molecule has 18 heavy (non-hydrogen) atoms. The van der Waals surface area contributed by atoms with E-state index in [-0.39, 0.29) is 0 Å². The van der Waals surface area contributed by atoms with Gasteiger partial charge in [-0.2, -0.15) is 0 Å². The lowest BCUT2D eigenvalue weighted by atomic mass is 10.1. The second kappa shape index (κ2) is 5.49. The Labute approximate surface area is 107 Å². The van der Waals surface area contributed by atoms with Gasteiger partial charge in [-0.25, -0.2) is 9.97 Å². The van der Waals surface area contributed by atoms with Crippen LogP contribution in [0.1, 0.15) is 25.0 Å². The van der Waals surface area contributed by atoms with Crippen LogP contribution in [0.4, 0.5) is 17.3 Å². The molecule has 0 aliphatic heterocycles. The maximum atomic E-state index is 5.85. The average molecular weight is 242 g/mol. The predicted octanol–water partition coefficient (Wildman–Crippen LogP) is 2.93. The van der Waals surface area contributed by atoms with Crippen molar-refractivity contribution in [3.63, 3.8) is 0 Å². The number of nitrogens with zero attached hydrogens (tertiary/aromatic N) is 2. The van der Waals surface area contributed by atoms with Gasteiger partial charge in [0.15, 0.2) is 0 Å². The monoisotopic (exact) mass is 242 g/mol. The maximum absolute atomic E-state index is 5.85. The number of aromatic nitrogens is 2. The van der Waals surface area contributed by atoms with Crippen molar-refractivity contribution in [3.05, 3.63) is 41.7 Å². The number of hydrogen-bond acceptors (Lipinski definition) is 4. The van der Waals surface area contributed by atoms with Crippen molar-refractivity contribution in [2.45, 2.75) is 26.7 Å². The molecular weight excluding hydrogens is 224 g/mol. The van der Waals surface area contributed by atoms with Gasteiger partial charge in [-0.1, -0.05) is 26.0 Å². The van der Waals surface area contributed by atoms with Crippen LogP contribution in [-0.2, 0) is 12.8 Å². The van der Waals surface area contributed by atoms with Crippen molar-refractivity contribution >= 4 is 17.3 Å². The number of rotatable bonds is 4. The van der Waals surface area contributed by atoms with E-state index in [0.717, 1.165) is 29.9 Å². The van der Waals surface area contributed by atoms with Gasteiger partial charge in [-0.15, -0.1) is 0 Å². The van der Waals surface area contributed by atoms with Gasteiger partial charge in [0.05, 0.1) is 0 Å². The van der Waals surface area contributed by atoms with Crippen molar-refractivity contribution < 1.29 is 0 Å². The molecule has 0 unspecified atom stereocenters. The average Bonchev–Trinajstić information content (AvgIpc) is 2.39. The van der Waals surface area contributed by atoms with Gasteiger partial charge in [0.2, 0.25) is 0 Å². The van der Waals surface area contributed by atoms with Crippen LogP contribution in [0.5, 0.6) is 0 Å². The van der Waals surface area contributed by atoms with Crippen LogP contribution in [0, 0.1) is 0 Å². The molecular formula is C14H18N4. The highest BCUT2D eigenvalue weighted by Crippen LogP contribution is 2.22. The van der Waals surface area contributed by atoms with Crippen LogP contribution in [0.2, 0.25) is 0 Å². The Morgan fingerprint density at radius 1 is 1.17 bits per heavy atom. The van der Waals surface area contributed by atoms with Crippen LogP contribution in [-0.4, -0.2) is 9.97 Å². The van der Waals surface area contributed by atoms with Gasteiger partial charge in [0.25, 0.3) is 0 Å². The molecule has 4 heteroatoms. The van der Waals surface area contributed by atoms with Gasteiger partial charge in [-0.05, 0) is 30.5 Å². The number of nitrogen functional groups attached to an aromatic ring is 1. The molecule has 0 saturated carbocycles. The molecule has 0 aliphatic carbocycles. The smallest absolute Gasteiger partial charge is 0.139 e. The van der Waals surface area contributed by atoms with Crippen LogP contribution in [0.25, 0.3) is 0 Å². The van der Waals surface area contributed by atoms with E-state index in [0.29, 0.717) is 5.82 Å². The Morgan fingerprint density at radius 2 is 2.00 bits per heavy atom. The van der Waals surface area contributed by atoms with E-state index in [1.807, 2.05) is 19.1 Å². The summed E-state index contributed by atoms with van der Waals surface area (Å²) < 4.78 is 0. The third-order valence-electron chi connectivity index (χ3n) is 2.93. The molecule has 3 N–H and O–H groups in total. The summed E-state index contributed by atoms with van der Waals surface area (Å²) in [5.74, 6) is 1.33. The summed E-state index contributed by atoms with van der Waals surface area (Å²) in [6.45, 7) is 4.18. The normalized spacial score (nSPS) is 10.3. The largest absolute Gasteiger partial charge is 0.383 e. The number of nitrogens with one attached hydrogen (secondary N) is 1. The molecule has 0 saturated heterocycles. The van der Waals surface area contributed by atoms with E-state index in [1.54, 1.807) is 0 Å². The Balaban J connectivity index is 2.30. The van der Waals surface area contributed by atoms with Crippen molar-refractivity contribution in [1.82, 2.24) is 9.97 Å². The molecule has 1 aromatic carbocycles. The fourth-order valence-corrected chi connectivity index (χ4v) is 1.89. The lowest BCUT2D eigenvalue weighted by Gasteiger charge is -2.11. The molecule has 0 radical (unpaired) electrons. The summed E-state index contributed by atoms with van der Waals surface area (Å²) in [5.41, 5.74) is 9.13. The minimum atomic E-state index is 0.543. The SMILES string of the molecule is CCc1cccc(Nc2ncnc(N)c2CC)c1. The summed E-state index contributed by atoms with van der Waals surface area (Å²) in [6, 6.07) is 8.30. The van der Waals surface area contributed by atoms with Crippen LogP contribution >= 0.6 is 0 Å². The molecule has 2 aromatic rings. The molecule has 0 spiro atoms. The molecule has 1 heterocycles. The van der Waals surface area contributed by atoms with E-state index >= 15 is 0 Å². The van der Waals surface area contributed by atoms with Crippen molar-refractivity contribution in [2.24, 2.45) is 0 Å². The summed E-state index contributed by atoms with van der Waals surface area (Å²) >= 11 is 0. The number of hydrogen-bond donors (Lipinski definition) is 2. The van der Waals surface area contributed by atoms with Crippen LogP contribution in [0.3, 0.4) is 0 Å². The van der Waals surface area contributed by atoms with Gasteiger partial charge in [-0.3, -0.25) is 0 Å². The van der Waals surface area contributed by atoms with E-state index in [9.17, 15) is 0 Å². The minimum absolute atomic E-state index is 0.543. The lowest BCUT2D eigenvalue weighted by Crippen LogP contribution is -2.04. The molecule has 2 rings (SSSR count). The highest BCUT2D eigenvalue weighted by Gasteiger charge is 2.07. The highest BCUT2D eigenvalue weighted by molar-refractivity contribution is 5.64. The Kier molecular flexibility index (Phi) is 3.77. The quantitative estimate of drug-likeness (QED) is 0.865. The maximum Gasteiger partial charge on any atom is 0.139 e. The molecule has 94 valence electrons. The minimum Gasteiger partial charge on any atom is -0.383 e. The molecule has 0 atom stereocenters. The third kappa shape index (κ3) is 2.59. The van der Waals surface area contributed by atoms with Gasteiger partial charge in [0.1, 0.15) is 18.0 Å². The molecule has 1 aromatic heterocycles. The first-order chi connectivity index (χ1) is 8.74. The number of anilines is 3. The summed E-state index contributed by atoms with van der Waals surface area (Å²) in [5, 5.41) is 3.31. The molecule has 0 aliphatic rings. The van der Waals surface area contributed by atoms with Gasteiger partial charge in [0, 0.05) is 11.3 Å². The van der Waals surface area contributed by atoms with Gasteiger partial charge < -0.3 is 11.1 Å². The predicted molar refractivity (Wildman–Crippen MR) is 74.9 cm³/mol. The summed E-state index contributed by atoms with van der Waals surface area (Å²) in [7, 11) is 0. The van der Waals surface area contributed by atoms with Crippen LogP contribution in [0.15, 0.2) is 30.6 Å². The zero-order valence-corrected chi connectivity index (χ0v) is 10.8. The zero-order chi connectivity index (χ0) is 13.0. The lowest BCUT2D eigenvalue weighted by molar-refractivity contribution is 1.06. The number of nitrogens with two attached hydrogens (primary N) is 1. The van der Waals surface area contributed by atoms with E-state index in [1.165, 1.54) is 11.9 Å². The summed E-state index contributed by atoms with van der Waals surface area (Å²) in [6.07, 6.45) is 3.31. The third-order valence-corrected chi connectivity index (χ3v) is 2.93. The molecule has 4 nitrogen and oxygen atoms in total. The highest BCUT2D eigenvalue weighted by atomic mass is 15.0. The van der Waals surface area contributed by atoms with E-state index in [4.69, 9.17) is 5.73 Å². The standard InChI is InChI=1S/C14H18N4/c1-3-10-6-5-7-11(8-10)18-14-12(4-2)13(15)16-9-17-14/h5-9H,3-4H2,1-2H3,(H3,15,16,17,18). The first-order valence-electron chi connectivity index (χ1n) is 6.19. The Bertz CT molecular complexity index is 537.